The van der Waals surface area contributed by atoms with Gasteiger partial charge in [0.1, 0.15) is 0 Å². The van der Waals surface area contributed by atoms with Crippen molar-refractivity contribution >= 4 is 28.9 Å². The molecule has 0 atom stereocenters. The third kappa shape index (κ3) is 2.62. The van der Waals surface area contributed by atoms with Gasteiger partial charge in [-0.15, -0.1) is 0 Å². The van der Waals surface area contributed by atoms with Crippen molar-refractivity contribution < 1.29 is 0 Å². The molecule has 4 heteroatoms. The number of halogens is 2. The third-order valence-electron chi connectivity index (χ3n) is 2.91. The van der Waals surface area contributed by atoms with Crippen molar-refractivity contribution in [1.82, 2.24) is 5.32 Å². The summed E-state index contributed by atoms with van der Waals surface area (Å²) in [5.41, 5.74) is 2.09. The number of hydrogen-bond donors (Lipinski definition) is 1. The summed E-state index contributed by atoms with van der Waals surface area (Å²) in [7, 11) is 0. The Bertz CT molecular complexity index is 372. The molecule has 2 rings (SSSR count). The van der Waals surface area contributed by atoms with E-state index >= 15 is 0 Å². The molecule has 0 aromatic heterocycles. The summed E-state index contributed by atoms with van der Waals surface area (Å²) in [6, 6.07) is 3.92. The second-order valence-corrected chi connectivity index (χ2v) is 4.96. The van der Waals surface area contributed by atoms with Crippen LogP contribution in [0.5, 0.6) is 0 Å². The Kier molecular flexibility index (Phi) is 3.95. The molecule has 0 unspecified atom stereocenters. The standard InChI is InChI=1S/C12H16Cl2N2/c1-9-7-11(14)12(8-10(9)13)16-5-2-3-15-4-6-16/h7-8,15H,2-6H2,1H3. The van der Waals surface area contributed by atoms with Crippen LogP contribution in [0.25, 0.3) is 0 Å². The third-order valence-corrected chi connectivity index (χ3v) is 3.62. The molecule has 1 aromatic rings. The van der Waals surface area contributed by atoms with Gasteiger partial charge in [0.15, 0.2) is 0 Å². The van der Waals surface area contributed by atoms with Crippen LogP contribution in [0.1, 0.15) is 12.0 Å². The van der Waals surface area contributed by atoms with E-state index in [0.29, 0.717) is 0 Å². The quantitative estimate of drug-likeness (QED) is 0.833. The van der Waals surface area contributed by atoms with Crippen molar-refractivity contribution in [2.24, 2.45) is 0 Å². The van der Waals surface area contributed by atoms with Crippen LogP contribution in [-0.4, -0.2) is 26.2 Å². The Morgan fingerprint density at radius 1 is 1.12 bits per heavy atom. The van der Waals surface area contributed by atoms with E-state index in [1.807, 2.05) is 19.1 Å². The van der Waals surface area contributed by atoms with Gasteiger partial charge in [0.2, 0.25) is 0 Å². The minimum absolute atomic E-state index is 0.789. The fraction of sp³-hybridized carbons (Fsp3) is 0.500. The minimum Gasteiger partial charge on any atom is -0.369 e. The lowest BCUT2D eigenvalue weighted by Gasteiger charge is -2.24. The molecular formula is C12H16Cl2N2. The molecule has 0 radical (unpaired) electrons. The zero-order chi connectivity index (χ0) is 11.5. The topological polar surface area (TPSA) is 15.3 Å². The molecule has 1 aliphatic heterocycles. The maximum Gasteiger partial charge on any atom is 0.0643 e. The van der Waals surface area contributed by atoms with Crippen molar-refractivity contribution in [3.63, 3.8) is 0 Å². The van der Waals surface area contributed by atoms with Crippen molar-refractivity contribution in [3.8, 4) is 0 Å². The van der Waals surface area contributed by atoms with Crippen LogP contribution in [0.2, 0.25) is 10.0 Å². The molecule has 1 fully saturated rings. The molecule has 1 aromatic carbocycles. The average Bonchev–Trinajstić information content (AvgIpc) is 2.52. The van der Waals surface area contributed by atoms with Gasteiger partial charge in [-0.05, 0) is 37.6 Å². The predicted molar refractivity (Wildman–Crippen MR) is 70.9 cm³/mol. The van der Waals surface area contributed by atoms with E-state index in [-0.39, 0.29) is 0 Å². The highest BCUT2D eigenvalue weighted by Crippen LogP contribution is 2.31. The van der Waals surface area contributed by atoms with Gasteiger partial charge in [0, 0.05) is 24.7 Å². The molecule has 0 bridgehead atoms. The Hall–Kier alpha value is -0.440. The lowest BCUT2D eigenvalue weighted by atomic mass is 10.2. The monoisotopic (exact) mass is 258 g/mol. The van der Waals surface area contributed by atoms with Gasteiger partial charge in [-0.2, -0.15) is 0 Å². The van der Waals surface area contributed by atoms with E-state index in [2.05, 4.69) is 10.2 Å². The van der Waals surface area contributed by atoms with Crippen LogP contribution in [0, 0.1) is 6.92 Å². The Balaban J connectivity index is 2.27. The highest BCUT2D eigenvalue weighted by atomic mass is 35.5. The van der Waals surface area contributed by atoms with E-state index < -0.39 is 0 Å². The number of nitrogens with zero attached hydrogens (tertiary/aromatic N) is 1. The van der Waals surface area contributed by atoms with Gasteiger partial charge < -0.3 is 10.2 Å². The minimum atomic E-state index is 0.789. The highest BCUT2D eigenvalue weighted by molar-refractivity contribution is 6.35. The average molecular weight is 259 g/mol. The van der Waals surface area contributed by atoms with Gasteiger partial charge >= 0.3 is 0 Å². The predicted octanol–water partition coefficient (Wildman–Crippen LogP) is 3.10. The van der Waals surface area contributed by atoms with E-state index in [0.717, 1.165) is 53.9 Å². The maximum absolute atomic E-state index is 6.27. The van der Waals surface area contributed by atoms with Gasteiger partial charge in [0.05, 0.1) is 10.7 Å². The second kappa shape index (κ2) is 5.26. The van der Waals surface area contributed by atoms with Gasteiger partial charge in [0.25, 0.3) is 0 Å². The molecule has 0 saturated carbocycles. The fourth-order valence-corrected chi connectivity index (χ4v) is 2.46. The smallest absolute Gasteiger partial charge is 0.0643 e. The van der Waals surface area contributed by atoms with Crippen LogP contribution in [0.3, 0.4) is 0 Å². The van der Waals surface area contributed by atoms with Crippen molar-refractivity contribution in [2.45, 2.75) is 13.3 Å². The van der Waals surface area contributed by atoms with Crippen molar-refractivity contribution in [1.29, 1.82) is 0 Å². The first-order chi connectivity index (χ1) is 7.68. The number of benzene rings is 1. The van der Waals surface area contributed by atoms with Crippen molar-refractivity contribution in [3.05, 3.63) is 27.7 Å². The van der Waals surface area contributed by atoms with Crippen LogP contribution >= 0.6 is 23.2 Å². The molecule has 1 heterocycles. The number of nitrogens with one attached hydrogen (secondary N) is 1. The lowest BCUT2D eigenvalue weighted by molar-refractivity contribution is 0.724. The van der Waals surface area contributed by atoms with E-state index in [9.17, 15) is 0 Å². The molecule has 1 saturated heterocycles. The summed E-state index contributed by atoms with van der Waals surface area (Å²) >= 11 is 12.4. The van der Waals surface area contributed by atoms with Crippen LogP contribution in [0.15, 0.2) is 12.1 Å². The van der Waals surface area contributed by atoms with Crippen LogP contribution in [0.4, 0.5) is 5.69 Å². The van der Waals surface area contributed by atoms with E-state index in [1.54, 1.807) is 0 Å². The summed E-state index contributed by atoms with van der Waals surface area (Å²) in [4.78, 5) is 2.30. The zero-order valence-electron chi connectivity index (χ0n) is 9.39. The largest absolute Gasteiger partial charge is 0.369 e. The second-order valence-electron chi connectivity index (χ2n) is 4.14. The fourth-order valence-electron chi connectivity index (χ4n) is 1.96. The summed E-state index contributed by atoms with van der Waals surface area (Å²) in [6.45, 7) is 6.07. The Morgan fingerprint density at radius 2 is 1.94 bits per heavy atom. The molecule has 2 nitrogen and oxygen atoms in total. The molecule has 0 aliphatic carbocycles. The molecule has 16 heavy (non-hydrogen) atoms. The summed E-state index contributed by atoms with van der Waals surface area (Å²) in [5, 5.41) is 4.96. The molecular weight excluding hydrogens is 243 g/mol. The first kappa shape index (κ1) is 12.0. The normalized spacial score (nSPS) is 17.3. The molecule has 0 spiro atoms. The lowest BCUT2D eigenvalue weighted by Crippen LogP contribution is -2.28. The van der Waals surface area contributed by atoms with Gasteiger partial charge in [-0.25, -0.2) is 0 Å². The van der Waals surface area contributed by atoms with Gasteiger partial charge in [-0.3, -0.25) is 0 Å². The SMILES string of the molecule is Cc1cc(Cl)c(N2CCCNCC2)cc1Cl. The number of anilines is 1. The molecule has 0 amide bonds. The first-order valence-electron chi connectivity index (χ1n) is 5.60. The summed E-state index contributed by atoms with van der Waals surface area (Å²) < 4.78 is 0. The Labute approximate surface area is 107 Å². The highest BCUT2D eigenvalue weighted by Gasteiger charge is 2.13. The van der Waals surface area contributed by atoms with Crippen molar-refractivity contribution in [2.75, 3.05) is 31.1 Å². The van der Waals surface area contributed by atoms with Crippen LogP contribution in [-0.2, 0) is 0 Å². The number of rotatable bonds is 1. The zero-order valence-corrected chi connectivity index (χ0v) is 10.9. The molecule has 1 N–H and O–H groups in total. The number of hydrogen-bond acceptors (Lipinski definition) is 2. The summed E-state index contributed by atoms with van der Waals surface area (Å²) in [6.07, 6.45) is 1.14. The summed E-state index contributed by atoms with van der Waals surface area (Å²) in [5.74, 6) is 0. The van der Waals surface area contributed by atoms with Gasteiger partial charge in [-0.1, -0.05) is 23.2 Å². The van der Waals surface area contributed by atoms with E-state index in [1.165, 1.54) is 0 Å². The first-order valence-corrected chi connectivity index (χ1v) is 6.35. The van der Waals surface area contributed by atoms with Crippen LogP contribution < -0.4 is 10.2 Å². The Morgan fingerprint density at radius 3 is 2.75 bits per heavy atom. The molecule has 1 aliphatic rings. The van der Waals surface area contributed by atoms with E-state index in [4.69, 9.17) is 23.2 Å². The molecule has 88 valence electrons. The maximum atomic E-state index is 6.27. The number of aryl methyl sites for hydroxylation is 1.